The molecule has 0 aliphatic carbocycles. The average molecular weight is 640 g/mol. The Kier molecular flexibility index (Phi) is 7.73. The number of rotatable bonds is 9. The number of aromatic nitrogens is 3. The van der Waals surface area contributed by atoms with Crippen LogP contribution < -0.4 is 21.4 Å². The summed E-state index contributed by atoms with van der Waals surface area (Å²) in [6.07, 6.45) is 0.364. The molecule has 5 heterocycles. The molecule has 15 nitrogen and oxygen atoms in total. The van der Waals surface area contributed by atoms with Gasteiger partial charge >= 0.3 is 11.9 Å². The van der Waals surface area contributed by atoms with E-state index < -0.39 is 47.0 Å². The van der Waals surface area contributed by atoms with Crippen molar-refractivity contribution in [2.45, 2.75) is 31.0 Å². The van der Waals surface area contributed by atoms with Crippen molar-refractivity contribution >= 4 is 96.1 Å². The highest BCUT2D eigenvalue weighted by Gasteiger charge is 2.55. The quantitative estimate of drug-likeness (QED) is 0.0933. The van der Waals surface area contributed by atoms with Crippen molar-refractivity contribution < 1.29 is 38.8 Å². The zero-order chi connectivity index (χ0) is 29.6. The summed E-state index contributed by atoms with van der Waals surface area (Å²) in [6, 6.07) is 2.45. The zero-order valence-corrected chi connectivity index (χ0v) is 24.0. The Bertz CT molecular complexity index is 1670. The number of thiazole rings is 2. The number of hydrogen-bond donors (Lipinski definition) is 5. The molecule has 214 valence electrons. The number of carboxylic acid groups (broad SMARTS) is 2. The molecular weight excluding hydrogens is 620 g/mol. The van der Waals surface area contributed by atoms with E-state index in [0.29, 0.717) is 16.2 Å². The van der Waals surface area contributed by atoms with Crippen LogP contribution in [-0.2, 0) is 30.6 Å². The standard InChI is InChI=1S/C22H19ClN8O7S3/c1-7(19(34)35)38-29-11(10-14(23)40-22(25)28-10)15(32)27-12-16(33)31-13(20(36)37)8(6-39-18(12)31)5-30-4-2-3-9-17(30)41-21(24)26-9/h2-4,7,12,18H,5-6H2,1H3,(H6-,24,25,26,27,28,32,34,35,36,37)/p+1/t7-,12+,18?/m0/s1. The number of halogens is 1. The van der Waals surface area contributed by atoms with Crippen LogP contribution in [0.3, 0.4) is 0 Å². The number of oxime groups is 1. The van der Waals surface area contributed by atoms with Gasteiger partial charge < -0.3 is 31.8 Å². The van der Waals surface area contributed by atoms with Gasteiger partial charge in [-0.25, -0.2) is 19.6 Å². The number of pyridine rings is 1. The van der Waals surface area contributed by atoms with Crippen molar-refractivity contribution in [3.05, 3.63) is 39.6 Å². The number of hydrogen-bond acceptors (Lipinski definition) is 13. The summed E-state index contributed by atoms with van der Waals surface area (Å²) in [6.45, 7) is 1.38. The first-order valence-corrected chi connectivity index (χ1v) is 14.7. The van der Waals surface area contributed by atoms with Gasteiger partial charge in [0.05, 0.1) is 0 Å². The van der Waals surface area contributed by atoms with E-state index in [-0.39, 0.29) is 33.2 Å². The summed E-state index contributed by atoms with van der Waals surface area (Å²) < 4.78 is 1.81. The van der Waals surface area contributed by atoms with E-state index in [1.807, 2.05) is 4.57 Å². The number of β-lactam (4-membered cyclic amide) rings is 1. The Hall–Kier alpha value is -4.00. The molecule has 0 saturated carbocycles. The molecule has 1 fully saturated rings. The van der Waals surface area contributed by atoms with E-state index >= 15 is 0 Å². The third kappa shape index (κ3) is 5.37. The van der Waals surface area contributed by atoms with Crippen LogP contribution in [0.5, 0.6) is 0 Å². The van der Waals surface area contributed by atoms with Crippen LogP contribution in [0, 0.1) is 0 Å². The number of thioether (sulfide) groups is 1. The van der Waals surface area contributed by atoms with Gasteiger partial charge in [-0.1, -0.05) is 28.1 Å². The molecule has 0 spiro atoms. The van der Waals surface area contributed by atoms with Gasteiger partial charge in [0.15, 0.2) is 28.7 Å². The highest BCUT2D eigenvalue weighted by atomic mass is 35.5. The lowest BCUT2D eigenvalue weighted by Crippen LogP contribution is -2.71. The van der Waals surface area contributed by atoms with E-state index in [4.69, 9.17) is 33.0 Å². The molecule has 1 saturated heterocycles. The number of carboxylic acids is 2. The van der Waals surface area contributed by atoms with Crippen LogP contribution >= 0.6 is 46.0 Å². The maximum Gasteiger partial charge on any atom is 0.352 e. The van der Waals surface area contributed by atoms with E-state index in [1.165, 1.54) is 30.0 Å². The molecular formula is C22H20ClN8O7S3+. The molecule has 5 rings (SSSR count). The van der Waals surface area contributed by atoms with Crippen LogP contribution in [0.2, 0.25) is 4.34 Å². The summed E-state index contributed by atoms with van der Waals surface area (Å²) >= 11 is 9.53. The number of carbonyl (C=O) groups is 4. The van der Waals surface area contributed by atoms with Crippen molar-refractivity contribution in [3.8, 4) is 0 Å². The predicted molar refractivity (Wildman–Crippen MR) is 150 cm³/mol. The lowest BCUT2D eigenvalue weighted by molar-refractivity contribution is -0.661. The van der Waals surface area contributed by atoms with Crippen LogP contribution in [-0.4, -0.2) is 77.8 Å². The van der Waals surface area contributed by atoms with Gasteiger partial charge in [0.25, 0.3) is 16.6 Å². The van der Waals surface area contributed by atoms with Crippen LogP contribution in [0.25, 0.3) is 10.3 Å². The number of amides is 2. The molecule has 19 heteroatoms. The van der Waals surface area contributed by atoms with Gasteiger partial charge in [0.2, 0.25) is 6.10 Å². The second kappa shape index (κ2) is 11.1. The van der Waals surface area contributed by atoms with Crippen LogP contribution in [0.4, 0.5) is 10.3 Å². The van der Waals surface area contributed by atoms with Gasteiger partial charge in [-0.15, -0.1) is 11.8 Å². The molecule has 3 atom stereocenters. The summed E-state index contributed by atoms with van der Waals surface area (Å²) in [5.41, 5.74) is 11.9. The van der Waals surface area contributed by atoms with Crippen LogP contribution in [0.15, 0.2) is 34.8 Å². The molecule has 2 amide bonds. The molecule has 2 aliphatic rings. The average Bonchev–Trinajstić information content (AvgIpc) is 3.47. The van der Waals surface area contributed by atoms with Crippen molar-refractivity contribution in [2.24, 2.45) is 5.16 Å². The molecule has 1 unspecified atom stereocenters. The van der Waals surface area contributed by atoms with Gasteiger partial charge in [0, 0.05) is 17.4 Å². The Morgan fingerprint density at radius 1 is 1.29 bits per heavy atom. The van der Waals surface area contributed by atoms with Gasteiger partial charge in [-0.3, -0.25) is 14.5 Å². The number of nitrogen functional groups attached to an aromatic ring is 2. The number of fused-ring (bicyclic) bond motifs is 2. The van der Waals surface area contributed by atoms with Crippen molar-refractivity contribution in [1.82, 2.24) is 20.2 Å². The predicted octanol–water partition coefficient (Wildman–Crippen LogP) is 0.491. The number of carbonyl (C=O) groups excluding carboxylic acids is 2. The van der Waals surface area contributed by atoms with E-state index in [1.54, 1.807) is 18.3 Å². The largest absolute Gasteiger partial charge is 0.478 e. The van der Waals surface area contributed by atoms with E-state index in [0.717, 1.165) is 21.1 Å². The third-order valence-electron chi connectivity index (χ3n) is 6.02. The number of aliphatic carboxylic acids is 2. The third-order valence-corrected chi connectivity index (χ3v) is 9.38. The molecule has 3 aromatic rings. The Balaban J connectivity index is 1.39. The Morgan fingerprint density at radius 2 is 2.02 bits per heavy atom. The number of nitrogens with zero attached hydrogens (tertiary/aromatic N) is 5. The first-order valence-electron chi connectivity index (χ1n) is 11.6. The Labute approximate surface area is 247 Å². The highest BCUT2D eigenvalue weighted by molar-refractivity contribution is 8.00. The van der Waals surface area contributed by atoms with Crippen molar-refractivity contribution in [1.29, 1.82) is 0 Å². The molecule has 7 N–H and O–H groups in total. The van der Waals surface area contributed by atoms with Gasteiger partial charge in [-0.05, 0) is 24.3 Å². The monoisotopic (exact) mass is 639 g/mol. The maximum absolute atomic E-state index is 13.2. The fourth-order valence-corrected chi connectivity index (χ4v) is 7.20. The van der Waals surface area contributed by atoms with Crippen molar-refractivity contribution in [2.75, 3.05) is 17.2 Å². The summed E-state index contributed by atoms with van der Waals surface area (Å²) in [5.74, 6) is -3.96. The number of anilines is 2. The van der Waals surface area contributed by atoms with Gasteiger partial charge in [0.1, 0.15) is 32.7 Å². The molecule has 2 aliphatic heterocycles. The highest BCUT2D eigenvalue weighted by Crippen LogP contribution is 2.40. The fraction of sp³-hybridized carbons (Fsp3) is 0.273. The van der Waals surface area contributed by atoms with Crippen molar-refractivity contribution in [3.63, 3.8) is 0 Å². The molecule has 0 bridgehead atoms. The summed E-state index contributed by atoms with van der Waals surface area (Å²) in [5, 5.41) is 24.9. The number of nitrogens with one attached hydrogen (secondary N) is 1. The smallest absolute Gasteiger partial charge is 0.352 e. The molecule has 3 aromatic heterocycles. The number of nitrogens with two attached hydrogens (primary N) is 2. The van der Waals surface area contributed by atoms with Gasteiger partial charge in [-0.2, -0.15) is 4.57 Å². The Morgan fingerprint density at radius 3 is 2.68 bits per heavy atom. The normalized spacial score (nSPS) is 19.5. The fourth-order valence-electron chi connectivity index (χ4n) is 4.14. The molecule has 0 radical (unpaired) electrons. The van der Waals surface area contributed by atoms with Crippen LogP contribution in [0.1, 0.15) is 12.6 Å². The maximum atomic E-state index is 13.2. The first kappa shape index (κ1) is 28.5. The minimum atomic E-state index is -1.41. The second-order valence-corrected chi connectivity index (χ2v) is 12.4. The minimum absolute atomic E-state index is 0.00691. The topological polar surface area (TPSA) is 227 Å². The van der Waals surface area contributed by atoms with E-state index in [9.17, 15) is 24.3 Å². The molecule has 41 heavy (non-hydrogen) atoms. The zero-order valence-electron chi connectivity index (χ0n) is 20.8. The summed E-state index contributed by atoms with van der Waals surface area (Å²) in [7, 11) is 0. The first-order chi connectivity index (χ1) is 19.5. The SMILES string of the molecule is C[C@H](ON=C(C(=O)N[C@@H]1C(=O)N2C(C(=O)O)=C(C[n+]3cccc4nc(N)sc43)CSC12)c1nc(N)sc1Cl)C(=O)O. The molecule has 0 aromatic carbocycles. The van der Waals surface area contributed by atoms with E-state index in [2.05, 4.69) is 20.4 Å². The second-order valence-electron chi connectivity index (χ2n) is 8.70. The minimum Gasteiger partial charge on any atom is -0.478 e. The lowest BCUT2D eigenvalue weighted by Gasteiger charge is -2.49. The lowest BCUT2D eigenvalue weighted by atomic mass is 10.0. The summed E-state index contributed by atoms with van der Waals surface area (Å²) in [4.78, 5) is 64.9.